The molecule has 0 aromatic carbocycles. The highest BCUT2D eigenvalue weighted by atomic mass is 35.5. The smallest absolute Gasteiger partial charge is 0.364 e. The highest BCUT2D eigenvalue weighted by molar-refractivity contribution is 7.59. The molecule has 104 valence electrons. The number of ether oxygens (including phenoxy) is 1. The Labute approximate surface area is 115 Å². The van der Waals surface area contributed by atoms with E-state index in [9.17, 15) is 14.5 Å². The quantitative estimate of drug-likeness (QED) is 0.276. The van der Waals surface area contributed by atoms with Crippen molar-refractivity contribution in [2.45, 2.75) is 6.92 Å². The maximum Gasteiger partial charge on any atom is 0.364 e. The monoisotopic (exact) mass is 318 g/mol. The van der Waals surface area contributed by atoms with Crippen molar-refractivity contribution < 1.29 is 28.3 Å². The van der Waals surface area contributed by atoms with Crippen molar-refractivity contribution in [3.63, 3.8) is 0 Å². The third-order valence-electron chi connectivity index (χ3n) is 1.92. The van der Waals surface area contributed by atoms with Crippen LogP contribution in [0.15, 0.2) is 21.1 Å². The molecule has 0 amide bonds. The van der Waals surface area contributed by atoms with E-state index in [4.69, 9.17) is 23.2 Å². The van der Waals surface area contributed by atoms with E-state index >= 15 is 0 Å². The van der Waals surface area contributed by atoms with Crippen molar-refractivity contribution in [2.75, 3.05) is 21.3 Å². The van der Waals surface area contributed by atoms with Gasteiger partial charge >= 0.3 is 13.6 Å². The number of hydrogen-bond acceptors (Lipinski definition) is 6. The highest BCUT2D eigenvalue weighted by Gasteiger charge is 2.38. The minimum Gasteiger partial charge on any atom is -0.512 e. The molecular formula is C9H13Cl2O6P. The third kappa shape index (κ3) is 3.73. The number of allylic oxidation sites excluding steroid dienone is 1. The Morgan fingerprint density at radius 3 is 1.83 bits per heavy atom. The van der Waals surface area contributed by atoms with E-state index in [-0.39, 0.29) is 0 Å². The number of aliphatic hydroxyl groups is 1. The van der Waals surface area contributed by atoms with Crippen LogP contribution in [0.1, 0.15) is 6.92 Å². The standard InChI is InChI=1S/C9H13Cl2O6P/c1-5(12)6(9(13)15-2)7(8(10)11)18(14,16-3)17-4/h12H,1-4H3/b6-5+. The van der Waals surface area contributed by atoms with Crippen LogP contribution in [0.5, 0.6) is 0 Å². The fraction of sp³-hybridized carbons (Fsp3) is 0.444. The Morgan fingerprint density at radius 1 is 1.17 bits per heavy atom. The van der Waals surface area contributed by atoms with Gasteiger partial charge in [-0.1, -0.05) is 23.2 Å². The summed E-state index contributed by atoms with van der Waals surface area (Å²) in [6, 6.07) is 0. The molecule has 0 fully saturated rings. The Morgan fingerprint density at radius 2 is 1.61 bits per heavy atom. The number of rotatable bonds is 5. The van der Waals surface area contributed by atoms with E-state index in [0.717, 1.165) is 21.3 Å². The molecule has 18 heavy (non-hydrogen) atoms. The average molecular weight is 319 g/mol. The topological polar surface area (TPSA) is 82.1 Å². The van der Waals surface area contributed by atoms with Gasteiger partial charge in [0.2, 0.25) is 0 Å². The molecule has 0 saturated heterocycles. The predicted molar refractivity (Wildman–Crippen MR) is 67.7 cm³/mol. The van der Waals surface area contributed by atoms with Crippen LogP contribution < -0.4 is 0 Å². The van der Waals surface area contributed by atoms with Gasteiger partial charge in [0, 0.05) is 14.2 Å². The van der Waals surface area contributed by atoms with Crippen molar-refractivity contribution in [3.8, 4) is 0 Å². The molecule has 6 nitrogen and oxygen atoms in total. The average Bonchev–Trinajstić information content (AvgIpc) is 2.33. The van der Waals surface area contributed by atoms with Crippen molar-refractivity contribution >= 4 is 36.8 Å². The SMILES string of the molecule is COC(=O)/C(C(=C(Cl)Cl)P(=O)(OC)OC)=C(\C)O. The molecule has 0 atom stereocenters. The van der Waals surface area contributed by atoms with E-state index in [2.05, 4.69) is 13.8 Å². The van der Waals surface area contributed by atoms with Gasteiger partial charge in [-0.3, -0.25) is 4.57 Å². The number of esters is 1. The minimum atomic E-state index is -3.93. The van der Waals surface area contributed by atoms with Crippen molar-refractivity contribution in [1.29, 1.82) is 0 Å². The zero-order valence-electron chi connectivity index (χ0n) is 10.2. The second-order valence-electron chi connectivity index (χ2n) is 2.92. The summed E-state index contributed by atoms with van der Waals surface area (Å²) in [6.07, 6.45) is 0. The number of halogens is 2. The van der Waals surface area contributed by atoms with Gasteiger partial charge in [-0.2, -0.15) is 0 Å². The first-order valence-corrected chi connectivity index (χ1v) is 6.80. The molecule has 0 aliphatic rings. The van der Waals surface area contributed by atoms with Crippen LogP contribution >= 0.6 is 30.8 Å². The van der Waals surface area contributed by atoms with Gasteiger partial charge in [0.1, 0.15) is 21.1 Å². The first-order chi connectivity index (χ1) is 8.25. The summed E-state index contributed by atoms with van der Waals surface area (Å²) in [5.41, 5.74) is -0.468. The van der Waals surface area contributed by atoms with Crippen molar-refractivity contribution in [1.82, 2.24) is 0 Å². The molecule has 0 aliphatic carbocycles. The molecular weight excluding hydrogens is 306 g/mol. The lowest BCUT2D eigenvalue weighted by atomic mass is 10.2. The molecule has 0 heterocycles. The van der Waals surface area contributed by atoms with Crippen molar-refractivity contribution in [3.05, 3.63) is 21.1 Å². The molecule has 0 unspecified atom stereocenters. The van der Waals surface area contributed by atoms with Gasteiger partial charge < -0.3 is 18.9 Å². The maximum atomic E-state index is 12.2. The summed E-state index contributed by atoms with van der Waals surface area (Å²) in [5, 5.41) is 9.03. The van der Waals surface area contributed by atoms with Crippen LogP contribution in [0.4, 0.5) is 0 Å². The van der Waals surface area contributed by atoms with E-state index in [1.807, 2.05) is 0 Å². The molecule has 0 aliphatic heterocycles. The zero-order chi connectivity index (χ0) is 14.5. The van der Waals surface area contributed by atoms with Crippen LogP contribution in [0, 0.1) is 0 Å². The van der Waals surface area contributed by atoms with E-state index < -0.39 is 34.7 Å². The van der Waals surface area contributed by atoms with Gasteiger partial charge in [-0.15, -0.1) is 0 Å². The summed E-state index contributed by atoms with van der Waals surface area (Å²) >= 11 is 11.2. The molecule has 1 N–H and O–H groups in total. The van der Waals surface area contributed by atoms with Gasteiger partial charge in [0.25, 0.3) is 0 Å². The van der Waals surface area contributed by atoms with Crippen LogP contribution in [0.25, 0.3) is 0 Å². The summed E-state index contributed by atoms with van der Waals surface area (Å²) < 4.78 is 25.5. The Hall–Kier alpha value is -0.520. The Balaban J connectivity index is 6.12. The van der Waals surface area contributed by atoms with Crippen LogP contribution in [0.3, 0.4) is 0 Å². The van der Waals surface area contributed by atoms with E-state index in [1.54, 1.807) is 0 Å². The van der Waals surface area contributed by atoms with Gasteiger partial charge in [-0.25, -0.2) is 4.79 Å². The highest BCUT2D eigenvalue weighted by Crippen LogP contribution is 2.60. The summed E-state index contributed by atoms with van der Waals surface area (Å²) in [4.78, 5) is 11.6. The summed E-state index contributed by atoms with van der Waals surface area (Å²) in [7, 11) is -0.677. The van der Waals surface area contributed by atoms with Crippen LogP contribution in [0.2, 0.25) is 0 Å². The molecule has 9 heteroatoms. The molecule has 0 saturated carbocycles. The molecule has 0 radical (unpaired) electrons. The second kappa shape index (κ2) is 7.16. The fourth-order valence-electron chi connectivity index (χ4n) is 1.11. The lowest BCUT2D eigenvalue weighted by Gasteiger charge is -2.19. The number of carbonyl (C=O) groups excluding carboxylic acids is 1. The number of carbonyl (C=O) groups is 1. The summed E-state index contributed by atoms with van der Waals surface area (Å²) in [6.45, 7) is 1.18. The Bertz CT molecular complexity index is 426. The lowest BCUT2D eigenvalue weighted by molar-refractivity contribution is -0.136. The second-order valence-corrected chi connectivity index (χ2v) is 6.05. The first kappa shape index (κ1) is 17.5. The van der Waals surface area contributed by atoms with E-state index in [1.165, 1.54) is 6.92 Å². The van der Waals surface area contributed by atoms with Gasteiger partial charge in [0.15, 0.2) is 0 Å². The number of methoxy groups -OCH3 is 1. The fourth-order valence-corrected chi connectivity index (χ4v) is 3.17. The van der Waals surface area contributed by atoms with Gasteiger partial charge in [0.05, 0.1) is 7.11 Å². The largest absolute Gasteiger partial charge is 0.512 e. The molecule has 0 bridgehead atoms. The predicted octanol–water partition coefficient (Wildman–Crippen LogP) is 3.12. The number of aliphatic hydroxyl groups excluding tert-OH is 1. The van der Waals surface area contributed by atoms with Crippen LogP contribution in [-0.2, 0) is 23.1 Å². The molecule has 0 rings (SSSR count). The Kier molecular flexibility index (Phi) is 6.96. The minimum absolute atomic E-state index is 0.456. The molecule has 0 aromatic rings. The number of hydrogen-bond donors (Lipinski definition) is 1. The van der Waals surface area contributed by atoms with Crippen LogP contribution in [-0.4, -0.2) is 32.4 Å². The molecule has 0 aromatic heterocycles. The van der Waals surface area contributed by atoms with E-state index in [0.29, 0.717) is 0 Å². The third-order valence-corrected chi connectivity index (χ3v) is 4.52. The lowest BCUT2D eigenvalue weighted by Crippen LogP contribution is -2.12. The van der Waals surface area contributed by atoms with Crippen molar-refractivity contribution in [2.24, 2.45) is 0 Å². The normalized spacial score (nSPS) is 12.8. The molecule has 0 spiro atoms. The maximum absolute atomic E-state index is 12.2. The zero-order valence-corrected chi connectivity index (χ0v) is 12.6. The summed E-state index contributed by atoms with van der Waals surface area (Å²) in [5.74, 6) is -1.46. The first-order valence-electron chi connectivity index (χ1n) is 4.51. The van der Waals surface area contributed by atoms with Gasteiger partial charge in [-0.05, 0) is 6.92 Å².